The van der Waals surface area contributed by atoms with Gasteiger partial charge in [0.25, 0.3) is 5.91 Å². The highest BCUT2D eigenvalue weighted by Gasteiger charge is 2.42. The van der Waals surface area contributed by atoms with Crippen molar-refractivity contribution in [2.75, 3.05) is 19.7 Å². The minimum Gasteiger partial charge on any atom is -0.472 e. The van der Waals surface area contributed by atoms with E-state index in [1.807, 2.05) is 4.90 Å². The fourth-order valence-corrected chi connectivity index (χ4v) is 3.11. The van der Waals surface area contributed by atoms with Gasteiger partial charge in [-0.25, -0.2) is 0 Å². The van der Waals surface area contributed by atoms with Crippen LogP contribution >= 0.6 is 0 Å². The molecule has 3 heterocycles. The highest BCUT2D eigenvalue weighted by atomic mass is 16.5. The number of piperidine rings is 1. The second-order valence-electron chi connectivity index (χ2n) is 5.61. The van der Waals surface area contributed by atoms with Crippen LogP contribution in [0, 0.1) is 5.92 Å². The molecular weight excluding hydrogens is 230 g/mol. The van der Waals surface area contributed by atoms with Gasteiger partial charge in [-0.15, -0.1) is 0 Å². The molecule has 1 spiro atoms. The van der Waals surface area contributed by atoms with E-state index in [4.69, 9.17) is 9.15 Å². The number of hydrogen-bond donors (Lipinski definition) is 0. The highest BCUT2D eigenvalue weighted by Crippen LogP contribution is 2.38. The molecule has 1 aromatic heterocycles. The van der Waals surface area contributed by atoms with E-state index in [1.165, 1.54) is 6.26 Å². The van der Waals surface area contributed by atoms with Gasteiger partial charge in [0.05, 0.1) is 17.4 Å². The first kappa shape index (κ1) is 11.8. The first-order valence-electron chi connectivity index (χ1n) is 6.64. The Bertz CT molecular complexity index is 418. The SMILES string of the molecule is CC1COC2(CCN(C(=O)c3ccoc3)CC2)C1. The third-order valence-corrected chi connectivity index (χ3v) is 4.12. The quantitative estimate of drug-likeness (QED) is 0.767. The molecule has 0 N–H and O–H groups in total. The normalized spacial score (nSPS) is 26.7. The number of nitrogens with zero attached hydrogens (tertiary/aromatic N) is 1. The number of hydrogen-bond acceptors (Lipinski definition) is 3. The van der Waals surface area contributed by atoms with E-state index >= 15 is 0 Å². The van der Waals surface area contributed by atoms with Crippen molar-refractivity contribution in [2.45, 2.75) is 31.8 Å². The summed E-state index contributed by atoms with van der Waals surface area (Å²) >= 11 is 0. The van der Waals surface area contributed by atoms with Crippen LogP contribution in [0.3, 0.4) is 0 Å². The Kier molecular flexibility index (Phi) is 2.90. The number of rotatable bonds is 1. The molecule has 0 saturated carbocycles. The Morgan fingerprint density at radius 2 is 2.22 bits per heavy atom. The molecule has 4 heteroatoms. The summed E-state index contributed by atoms with van der Waals surface area (Å²) in [6.45, 7) is 4.68. The van der Waals surface area contributed by atoms with Crippen LogP contribution in [-0.4, -0.2) is 36.1 Å². The molecule has 2 aliphatic heterocycles. The molecule has 2 saturated heterocycles. The number of ether oxygens (including phenoxy) is 1. The second-order valence-corrected chi connectivity index (χ2v) is 5.61. The van der Waals surface area contributed by atoms with Crippen molar-refractivity contribution in [3.05, 3.63) is 24.2 Å². The lowest BCUT2D eigenvalue weighted by atomic mass is 9.86. The lowest BCUT2D eigenvalue weighted by Gasteiger charge is -2.38. The maximum Gasteiger partial charge on any atom is 0.257 e. The number of amides is 1. The van der Waals surface area contributed by atoms with Crippen LogP contribution in [0.15, 0.2) is 23.0 Å². The molecule has 98 valence electrons. The van der Waals surface area contributed by atoms with Gasteiger partial charge < -0.3 is 14.1 Å². The van der Waals surface area contributed by atoms with Crippen molar-refractivity contribution in [1.82, 2.24) is 4.90 Å². The van der Waals surface area contributed by atoms with E-state index < -0.39 is 0 Å². The summed E-state index contributed by atoms with van der Waals surface area (Å²) in [5.41, 5.74) is 0.693. The molecule has 1 aromatic rings. The largest absolute Gasteiger partial charge is 0.472 e. The standard InChI is InChI=1S/C14H19NO3/c1-11-8-14(18-9-11)3-5-15(6-4-14)13(16)12-2-7-17-10-12/h2,7,10-11H,3-6,8-9H2,1H3. The summed E-state index contributed by atoms with van der Waals surface area (Å²) in [7, 11) is 0. The molecule has 3 rings (SSSR count). The molecule has 1 atom stereocenters. The zero-order chi connectivity index (χ0) is 12.6. The van der Waals surface area contributed by atoms with Crippen LogP contribution in [0.2, 0.25) is 0 Å². The molecule has 0 radical (unpaired) electrons. The van der Waals surface area contributed by atoms with E-state index in [0.717, 1.165) is 39.0 Å². The summed E-state index contributed by atoms with van der Waals surface area (Å²) in [6, 6.07) is 1.72. The van der Waals surface area contributed by atoms with Crippen LogP contribution in [-0.2, 0) is 4.74 Å². The van der Waals surface area contributed by atoms with E-state index in [-0.39, 0.29) is 11.5 Å². The van der Waals surface area contributed by atoms with Crippen LogP contribution in [0.4, 0.5) is 0 Å². The molecule has 2 aliphatic rings. The van der Waals surface area contributed by atoms with Gasteiger partial charge in [0.15, 0.2) is 0 Å². The van der Waals surface area contributed by atoms with Gasteiger partial charge in [-0.3, -0.25) is 4.79 Å². The van der Waals surface area contributed by atoms with Crippen molar-refractivity contribution < 1.29 is 13.9 Å². The molecule has 0 bridgehead atoms. The van der Waals surface area contributed by atoms with Crippen LogP contribution in [0.5, 0.6) is 0 Å². The molecular formula is C14H19NO3. The third kappa shape index (κ3) is 2.05. The number of carbonyl (C=O) groups is 1. The van der Waals surface area contributed by atoms with E-state index in [2.05, 4.69) is 6.92 Å². The van der Waals surface area contributed by atoms with Crippen molar-refractivity contribution in [2.24, 2.45) is 5.92 Å². The van der Waals surface area contributed by atoms with Gasteiger partial charge >= 0.3 is 0 Å². The van der Waals surface area contributed by atoms with Gasteiger partial charge in [-0.05, 0) is 31.2 Å². The summed E-state index contributed by atoms with van der Waals surface area (Å²) in [5.74, 6) is 0.728. The van der Waals surface area contributed by atoms with Gasteiger partial charge in [0, 0.05) is 19.7 Å². The Balaban J connectivity index is 1.62. The summed E-state index contributed by atoms with van der Waals surface area (Å²) in [5, 5.41) is 0. The van der Waals surface area contributed by atoms with Crippen LogP contribution in [0.1, 0.15) is 36.5 Å². The molecule has 0 aliphatic carbocycles. The number of carbonyl (C=O) groups excluding carboxylic acids is 1. The Morgan fingerprint density at radius 3 is 2.78 bits per heavy atom. The van der Waals surface area contributed by atoms with Gasteiger partial charge in [-0.1, -0.05) is 6.92 Å². The van der Waals surface area contributed by atoms with Gasteiger partial charge in [-0.2, -0.15) is 0 Å². The van der Waals surface area contributed by atoms with Crippen molar-refractivity contribution >= 4 is 5.91 Å². The first-order valence-corrected chi connectivity index (χ1v) is 6.64. The zero-order valence-corrected chi connectivity index (χ0v) is 10.7. The van der Waals surface area contributed by atoms with Crippen molar-refractivity contribution in [3.8, 4) is 0 Å². The molecule has 1 unspecified atom stereocenters. The first-order chi connectivity index (χ1) is 8.69. The van der Waals surface area contributed by atoms with Crippen LogP contribution in [0.25, 0.3) is 0 Å². The van der Waals surface area contributed by atoms with E-state index in [1.54, 1.807) is 12.3 Å². The van der Waals surface area contributed by atoms with Crippen LogP contribution < -0.4 is 0 Å². The van der Waals surface area contributed by atoms with E-state index in [0.29, 0.717) is 11.5 Å². The minimum absolute atomic E-state index is 0.0482. The van der Waals surface area contributed by atoms with Gasteiger partial charge in [0.2, 0.25) is 0 Å². The fraction of sp³-hybridized carbons (Fsp3) is 0.643. The highest BCUT2D eigenvalue weighted by molar-refractivity contribution is 5.93. The molecule has 1 amide bonds. The monoisotopic (exact) mass is 249 g/mol. The lowest BCUT2D eigenvalue weighted by molar-refractivity contribution is -0.0390. The summed E-state index contributed by atoms with van der Waals surface area (Å²) in [6.07, 6.45) is 6.11. The maximum absolute atomic E-state index is 12.2. The maximum atomic E-state index is 12.2. The van der Waals surface area contributed by atoms with Crippen molar-refractivity contribution in [3.63, 3.8) is 0 Å². The lowest BCUT2D eigenvalue weighted by Crippen LogP contribution is -2.46. The fourth-order valence-electron chi connectivity index (χ4n) is 3.11. The topological polar surface area (TPSA) is 42.7 Å². The molecule has 4 nitrogen and oxygen atoms in total. The smallest absolute Gasteiger partial charge is 0.257 e. The molecule has 0 aromatic carbocycles. The zero-order valence-electron chi connectivity index (χ0n) is 10.7. The molecule has 2 fully saturated rings. The van der Waals surface area contributed by atoms with Gasteiger partial charge in [0.1, 0.15) is 6.26 Å². The Hall–Kier alpha value is -1.29. The van der Waals surface area contributed by atoms with Crippen molar-refractivity contribution in [1.29, 1.82) is 0 Å². The second kappa shape index (κ2) is 4.43. The Labute approximate surface area is 107 Å². The average Bonchev–Trinajstić information content (AvgIpc) is 3.00. The number of furan rings is 1. The predicted octanol–water partition coefficient (Wildman–Crippen LogP) is 2.31. The van der Waals surface area contributed by atoms with E-state index in [9.17, 15) is 4.79 Å². The number of likely N-dealkylation sites (tertiary alicyclic amines) is 1. The minimum atomic E-state index is 0.0482. The summed E-state index contributed by atoms with van der Waals surface area (Å²) < 4.78 is 10.9. The summed E-state index contributed by atoms with van der Waals surface area (Å²) in [4.78, 5) is 14.1. The Morgan fingerprint density at radius 1 is 1.44 bits per heavy atom. The average molecular weight is 249 g/mol. The third-order valence-electron chi connectivity index (χ3n) is 4.12. The molecule has 18 heavy (non-hydrogen) atoms. The predicted molar refractivity (Wildman–Crippen MR) is 66.3 cm³/mol.